The number of aryl methyl sites for hydroxylation is 1. The third kappa shape index (κ3) is 3.15. The maximum Gasteiger partial charge on any atom is 0.145 e. The third-order valence-corrected chi connectivity index (χ3v) is 4.60. The van der Waals surface area contributed by atoms with Gasteiger partial charge in [0, 0.05) is 25.4 Å². The van der Waals surface area contributed by atoms with Crippen LogP contribution in [0.3, 0.4) is 0 Å². The van der Waals surface area contributed by atoms with E-state index >= 15 is 0 Å². The van der Waals surface area contributed by atoms with Crippen LogP contribution in [0.5, 0.6) is 0 Å². The summed E-state index contributed by atoms with van der Waals surface area (Å²) in [6, 6.07) is 0. The monoisotopic (exact) mass is 264 g/mol. The summed E-state index contributed by atoms with van der Waals surface area (Å²) in [7, 11) is 0. The Morgan fingerprint density at radius 1 is 1.50 bits per heavy atom. The highest BCUT2D eigenvalue weighted by Crippen LogP contribution is 2.25. The molecule has 2 atom stereocenters. The summed E-state index contributed by atoms with van der Waals surface area (Å²) in [5, 5.41) is 1.05. The Morgan fingerprint density at radius 3 is 2.75 bits per heavy atom. The van der Waals surface area contributed by atoms with Crippen LogP contribution in [-0.4, -0.2) is 47.6 Å². The second-order valence-electron chi connectivity index (χ2n) is 3.84. The van der Waals surface area contributed by atoms with Gasteiger partial charge in [0.05, 0.1) is 15.4 Å². The first kappa shape index (κ1) is 12.3. The van der Waals surface area contributed by atoms with E-state index in [1.165, 1.54) is 4.21 Å². The summed E-state index contributed by atoms with van der Waals surface area (Å²) in [5.41, 5.74) is 0. The van der Waals surface area contributed by atoms with Gasteiger partial charge in [-0.1, -0.05) is 0 Å². The second-order valence-corrected chi connectivity index (χ2v) is 6.47. The van der Waals surface area contributed by atoms with Crippen LogP contribution in [0.2, 0.25) is 0 Å². The molecule has 0 unspecified atom stereocenters. The van der Waals surface area contributed by atoms with Gasteiger partial charge >= 0.3 is 0 Å². The number of rotatable bonds is 4. The van der Waals surface area contributed by atoms with Gasteiger partial charge in [-0.05, 0) is 6.92 Å². The summed E-state index contributed by atoms with van der Waals surface area (Å²) in [4.78, 5) is 6.00. The van der Waals surface area contributed by atoms with Crippen LogP contribution in [-0.2, 0) is 0 Å². The molecule has 1 aromatic rings. The number of thioether (sulfide) groups is 1. The lowest BCUT2D eigenvalue weighted by atomic mass is 10.3. The molecule has 0 bridgehead atoms. The summed E-state index contributed by atoms with van der Waals surface area (Å²) >= 11 is 3.36. The van der Waals surface area contributed by atoms with E-state index in [4.69, 9.17) is 0 Å². The summed E-state index contributed by atoms with van der Waals surface area (Å²) in [5.74, 6) is 0.862. The van der Waals surface area contributed by atoms with E-state index in [0.717, 1.165) is 17.3 Å². The Kier molecular flexibility index (Phi) is 4.16. The number of thiazole rings is 1. The van der Waals surface area contributed by atoms with E-state index < -0.39 is 12.3 Å². The molecule has 16 heavy (non-hydrogen) atoms. The van der Waals surface area contributed by atoms with Crippen molar-refractivity contribution in [3.63, 3.8) is 0 Å². The van der Waals surface area contributed by atoms with Crippen molar-refractivity contribution in [3.05, 3.63) is 11.2 Å². The van der Waals surface area contributed by atoms with Crippen molar-refractivity contribution in [1.29, 1.82) is 0 Å². The van der Waals surface area contributed by atoms with E-state index in [0.29, 0.717) is 0 Å². The number of alkyl halides is 2. The SMILES string of the molecule is Cc1ncc(SCCN2C[C@@H](F)[C@@H](F)C2)s1. The number of nitrogens with zero attached hydrogens (tertiary/aromatic N) is 2. The Morgan fingerprint density at radius 2 is 2.19 bits per heavy atom. The molecule has 90 valence electrons. The molecule has 2 nitrogen and oxygen atoms in total. The molecule has 0 saturated carbocycles. The van der Waals surface area contributed by atoms with Gasteiger partial charge < -0.3 is 0 Å². The molecule has 1 aliphatic heterocycles. The fourth-order valence-electron chi connectivity index (χ4n) is 1.66. The molecule has 1 fully saturated rings. The molecule has 0 aliphatic carbocycles. The highest BCUT2D eigenvalue weighted by Gasteiger charge is 2.32. The van der Waals surface area contributed by atoms with Gasteiger partial charge in [0.25, 0.3) is 0 Å². The molecular weight excluding hydrogens is 250 g/mol. The fourth-order valence-corrected chi connectivity index (χ4v) is 3.69. The first-order valence-electron chi connectivity index (χ1n) is 5.21. The minimum atomic E-state index is -1.30. The lowest BCUT2D eigenvalue weighted by Gasteiger charge is -2.12. The summed E-state index contributed by atoms with van der Waals surface area (Å²) in [6.07, 6.45) is -0.740. The van der Waals surface area contributed by atoms with Crippen molar-refractivity contribution in [2.45, 2.75) is 23.5 Å². The van der Waals surface area contributed by atoms with Crippen molar-refractivity contribution in [1.82, 2.24) is 9.88 Å². The summed E-state index contributed by atoms with van der Waals surface area (Å²) < 4.78 is 27.0. The van der Waals surface area contributed by atoms with Crippen LogP contribution in [0, 0.1) is 6.92 Å². The molecule has 1 aliphatic rings. The zero-order chi connectivity index (χ0) is 11.5. The maximum absolute atomic E-state index is 12.9. The first-order chi connectivity index (χ1) is 7.65. The molecule has 6 heteroatoms. The minimum absolute atomic E-state index is 0.240. The first-order valence-corrected chi connectivity index (χ1v) is 7.01. The number of likely N-dealkylation sites (tertiary alicyclic amines) is 1. The zero-order valence-corrected chi connectivity index (χ0v) is 10.7. The van der Waals surface area contributed by atoms with Crippen LogP contribution in [0.15, 0.2) is 10.4 Å². The van der Waals surface area contributed by atoms with E-state index in [2.05, 4.69) is 4.98 Å². The van der Waals surface area contributed by atoms with Gasteiger partial charge in [-0.15, -0.1) is 23.1 Å². The molecule has 0 aromatic carbocycles. The predicted molar refractivity (Wildman–Crippen MR) is 63.8 cm³/mol. The zero-order valence-electron chi connectivity index (χ0n) is 9.03. The molecule has 1 aromatic heterocycles. The number of hydrogen-bond acceptors (Lipinski definition) is 4. The smallest absolute Gasteiger partial charge is 0.145 e. The third-order valence-electron chi connectivity index (χ3n) is 2.51. The summed E-state index contributed by atoms with van der Waals surface area (Å²) in [6.45, 7) is 3.19. The minimum Gasteiger partial charge on any atom is -0.297 e. The van der Waals surface area contributed by atoms with Gasteiger partial charge in [0.15, 0.2) is 0 Å². The van der Waals surface area contributed by atoms with Gasteiger partial charge in [-0.25, -0.2) is 13.8 Å². The Labute approximate surface area is 102 Å². The number of hydrogen-bond donors (Lipinski definition) is 0. The van der Waals surface area contributed by atoms with Crippen LogP contribution in [0.1, 0.15) is 5.01 Å². The number of halogens is 2. The highest BCUT2D eigenvalue weighted by atomic mass is 32.2. The van der Waals surface area contributed by atoms with Crippen LogP contribution < -0.4 is 0 Å². The average Bonchev–Trinajstić information content (AvgIpc) is 2.75. The topological polar surface area (TPSA) is 16.1 Å². The molecule has 0 N–H and O–H groups in total. The molecule has 2 rings (SSSR count). The van der Waals surface area contributed by atoms with Gasteiger partial charge in [-0.2, -0.15) is 0 Å². The van der Waals surface area contributed by atoms with Crippen molar-refractivity contribution < 1.29 is 8.78 Å². The normalized spacial score (nSPS) is 26.4. The second kappa shape index (κ2) is 5.42. The van der Waals surface area contributed by atoms with Crippen molar-refractivity contribution in [2.24, 2.45) is 0 Å². The molecule has 0 radical (unpaired) electrons. The lowest BCUT2D eigenvalue weighted by molar-refractivity contribution is 0.217. The molecule has 0 amide bonds. The van der Waals surface area contributed by atoms with E-state index in [-0.39, 0.29) is 13.1 Å². The fraction of sp³-hybridized carbons (Fsp3) is 0.700. The lowest BCUT2D eigenvalue weighted by Crippen LogP contribution is -2.23. The quantitative estimate of drug-likeness (QED) is 0.778. The molecule has 2 heterocycles. The van der Waals surface area contributed by atoms with Crippen LogP contribution >= 0.6 is 23.1 Å². The van der Waals surface area contributed by atoms with Crippen LogP contribution in [0.4, 0.5) is 8.78 Å². The average molecular weight is 264 g/mol. The largest absolute Gasteiger partial charge is 0.297 e. The Hall–Kier alpha value is -0.200. The van der Waals surface area contributed by atoms with Crippen LogP contribution in [0.25, 0.3) is 0 Å². The van der Waals surface area contributed by atoms with E-state index in [9.17, 15) is 8.78 Å². The Bertz CT molecular complexity index is 335. The van der Waals surface area contributed by atoms with E-state index in [1.807, 2.05) is 18.0 Å². The molecular formula is C10H14F2N2S2. The Balaban J connectivity index is 1.69. The highest BCUT2D eigenvalue weighted by molar-refractivity contribution is 8.01. The van der Waals surface area contributed by atoms with E-state index in [1.54, 1.807) is 23.1 Å². The maximum atomic E-state index is 12.9. The number of aromatic nitrogens is 1. The van der Waals surface area contributed by atoms with Gasteiger partial charge in [-0.3, -0.25) is 4.90 Å². The van der Waals surface area contributed by atoms with Gasteiger partial charge in [0.2, 0.25) is 0 Å². The standard InChI is InChI=1S/C10H14F2N2S2/c1-7-13-4-10(16-7)15-3-2-14-5-8(11)9(12)6-14/h4,8-9H,2-3,5-6H2,1H3/t8-,9+. The molecule has 0 spiro atoms. The van der Waals surface area contributed by atoms with Crippen molar-refractivity contribution >= 4 is 23.1 Å². The van der Waals surface area contributed by atoms with Gasteiger partial charge in [0.1, 0.15) is 12.3 Å². The van der Waals surface area contributed by atoms with Crippen molar-refractivity contribution in [2.75, 3.05) is 25.4 Å². The van der Waals surface area contributed by atoms with Crippen molar-refractivity contribution in [3.8, 4) is 0 Å². The predicted octanol–water partition coefficient (Wildman–Crippen LogP) is 2.54. The molecule has 1 saturated heterocycles.